The lowest BCUT2D eigenvalue weighted by Crippen LogP contribution is -2.37. The first kappa shape index (κ1) is 12.0. The minimum Gasteiger partial charge on any atom is -0.361 e. The Balaban J connectivity index is 2.79. The number of anilines is 1. The number of carbonyl (C=O) groups excluding carboxylic acids is 1. The molecule has 1 rings (SSSR count). The van der Waals surface area contributed by atoms with Crippen molar-refractivity contribution in [1.29, 1.82) is 0 Å². The molecule has 2 amide bonds. The normalized spacial score (nSPS) is 10.0. The number of rotatable bonds is 4. The Morgan fingerprint density at radius 1 is 1.47 bits per heavy atom. The van der Waals surface area contributed by atoms with E-state index in [9.17, 15) is 4.79 Å². The number of halogens is 1. The fraction of sp³-hybridized carbons (Fsp3) is 0.300. The van der Waals surface area contributed by atoms with E-state index < -0.39 is 6.03 Å². The van der Waals surface area contributed by atoms with Crippen LogP contribution in [0.5, 0.6) is 0 Å². The third-order valence-electron chi connectivity index (χ3n) is 1.83. The van der Waals surface area contributed by atoms with Gasteiger partial charge < -0.3 is 10.5 Å². The Bertz CT molecular complexity index is 327. The van der Waals surface area contributed by atoms with E-state index in [0.717, 1.165) is 10.2 Å². The van der Waals surface area contributed by atoms with Crippen LogP contribution in [0.1, 0.15) is 6.92 Å². The highest BCUT2D eigenvalue weighted by Gasteiger charge is 2.11. The van der Waals surface area contributed by atoms with Gasteiger partial charge in [-0.1, -0.05) is 15.9 Å². The fourth-order valence-corrected chi connectivity index (χ4v) is 1.33. The number of nitrogens with two attached hydrogens (primary N) is 1. The van der Waals surface area contributed by atoms with E-state index >= 15 is 0 Å². The maximum atomic E-state index is 11.1. The van der Waals surface area contributed by atoms with Crippen LogP contribution < -0.4 is 10.6 Å². The van der Waals surface area contributed by atoms with Crippen LogP contribution in [0.2, 0.25) is 0 Å². The number of hydrogen-bond donors (Lipinski definition) is 1. The minimum atomic E-state index is -0.522. The van der Waals surface area contributed by atoms with Crippen molar-refractivity contribution in [1.82, 2.24) is 0 Å². The van der Waals surface area contributed by atoms with Crippen LogP contribution in [0, 0.1) is 0 Å². The van der Waals surface area contributed by atoms with Crippen molar-refractivity contribution in [3.05, 3.63) is 28.7 Å². The molecule has 0 unspecified atom stereocenters. The molecule has 0 spiro atoms. The summed E-state index contributed by atoms with van der Waals surface area (Å²) in [6, 6.07) is 6.77. The summed E-state index contributed by atoms with van der Waals surface area (Å²) in [7, 11) is 0. The molecule has 1 aromatic rings. The van der Waals surface area contributed by atoms with E-state index in [4.69, 9.17) is 10.5 Å². The molecule has 0 saturated carbocycles. The van der Waals surface area contributed by atoms with Gasteiger partial charge in [0.05, 0.1) is 0 Å². The largest absolute Gasteiger partial charge is 0.361 e. The molecule has 5 heteroatoms. The summed E-state index contributed by atoms with van der Waals surface area (Å²) in [6.45, 7) is 2.58. The summed E-state index contributed by atoms with van der Waals surface area (Å²) in [5, 5.41) is 0. The van der Waals surface area contributed by atoms with Gasteiger partial charge in [-0.05, 0) is 31.2 Å². The van der Waals surface area contributed by atoms with Gasteiger partial charge in [0.25, 0.3) is 0 Å². The van der Waals surface area contributed by atoms with Crippen LogP contribution in [-0.2, 0) is 4.74 Å². The quantitative estimate of drug-likeness (QED) is 0.856. The smallest absolute Gasteiger partial charge is 0.321 e. The molecule has 15 heavy (non-hydrogen) atoms. The van der Waals surface area contributed by atoms with Gasteiger partial charge in [0.2, 0.25) is 0 Å². The average molecular weight is 273 g/mol. The molecule has 0 bridgehead atoms. The molecule has 1 aromatic carbocycles. The first-order chi connectivity index (χ1) is 7.15. The average Bonchev–Trinajstić information content (AvgIpc) is 2.21. The molecule has 4 nitrogen and oxygen atoms in total. The SMILES string of the molecule is CCOCN(C(N)=O)c1ccc(Br)cc1. The van der Waals surface area contributed by atoms with E-state index in [1.165, 1.54) is 4.90 Å². The molecule has 0 aliphatic carbocycles. The summed E-state index contributed by atoms with van der Waals surface area (Å²) < 4.78 is 6.11. The summed E-state index contributed by atoms with van der Waals surface area (Å²) >= 11 is 3.32. The van der Waals surface area contributed by atoms with Crippen molar-refractivity contribution in [3.8, 4) is 0 Å². The second-order valence-electron chi connectivity index (χ2n) is 2.86. The molecule has 0 fully saturated rings. The molecule has 0 aromatic heterocycles. The highest BCUT2D eigenvalue weighted by atomic mass is 79.9. The molecule has 82 valence electrons. The number of hydrogen-bond acceptors (Lipinski definition) is 2. The lowest BCUT2D eigenvalue weighted by atomic mass is 10.3. The molecule has 0 aliphatic heterocycles. The van der Waals surface area contributed by atoms with Crippen molar-refractivity contribution >= 4 is 27.6 Å². The summed E-state index contributed by atoms with van der Waals surface area (Å²) in [5.74, 6) is 0. The number of benzene rings is 1. The van der Waals surface area contributed by atoms with Gasteiger partial charge in [-0.25, -0.2) is 4.79 Å². The Labute approximate surface area is 97.1 Å². The maximum Gasteiger partial charge on any atom is 0.321 e. The number of ether oxygens (including phenoxy) is 1. The first-order valence-electron chi connectivity index (χ1n) is 4.55. The van der Waals surface area contributed by atoms with E-state index in [-0.39, 0.29) is 6.73 Å². The highest BCUT2D eigenvalue weighted by Crippen LogP contribution is 2.18. The van der Waals surface area contributed by atoms with Gasteiger partial charge in [-0.2, -0.15) is 0 Å². The number of urea groups is 1. The number of nitrogens with zero attached hydrogens (tertiary/aromatic N) is 1. The predicted molar refractivity (Wildman–Crippen MR) is 62.7 cm³/mol. The van der Waals surface area contributed by atoms with Gasteiger partial charge in [0.15, 0.2) is 0 Å². The van der Waals surface area contributed by atoms with Crippen molar-refractivity contribution in [3.63, 3.8) is 0 Å². The van der Waals surface area contributed by atoms with Crippen LogP contribution in [-0.4, -0.2) is 19.4 Å². The van der Waals surface area contributed by atoms with Crippen LogP contribution in [0.4, 0.5) is 10.5 Å². The monoisotopic (exact) mass is 272 g/mol. The number of carbonyl (C=O) groups is 1. The third kappa shape index (κ3) is 3.53. The minimum absolute atomic E-state index is 0.174. The van der Waals surface area contributed by atoms with Gasteiger partial charge in [0, 0.05) is 16.8 Å². The zero-order valence-electron chi connectivity index (χ0n) is 8.44. The van der Waals surface area contributed by atoms with Crippen molar-refractivity contribution in [2.75, 3.05) is 18.2 Å². The first-order valence-corrected chi connectivity index (χ1v) is 5.34. The van der Waals surface area contributed by atoms with Crippen LogP contribution in [0.3, 0.4) is 0 Å². The second kappa shape index (κ2) is 5.72. The van der Waals surface area contributed by atoms with E-state index in [0.29, 0.717) is 6.61 Å². The van der Waals surface area contributed by atoms with E-state index in [2.05, 4.69) is 15.9 Å². The molecule has 0 saturated heterocycles. The zero-order valence-corrected chi connectivity index (χ0v) is 10.0. The van der Waals surface area contributed by atoms with E-state index in [1.807, 2.05) is 19.1 Å². The maximum absolute atomic E-state index is 11.1. The molecule has 0 radical (unpaired) electrons. The van der Waals surface area contributed by atoms with Gasteiger partial charge in [-0.15, -0.1) is 0 Å². The highest BCUT2D eigenvalue weighted by molar-refractivity contribution is 9.10. The Kier molecular flexibility index (Phi) is 4.58. The topological polar surface area (TPSA) is 55.6 Å². The second-order valence-corrected chi connectivity index (χ2v) is 3.78. The van der Waals surface area contributed by atoms with Crippen molar-refractivity contribution < 1.29 is 9.53 Å². The zero-order chi connectivity index (χ0) is 11.3. The van der Waals surface area contributed by atoms with Crippen molar-refractivity contribution in [2.45, 2.75) is 6.92 Å². The summed E-state index contributed by atoms with van der Waals surface area (Å²) in [6.07, 6.45) is 0. The van der Waals surface area contributed by atoms with Gasteiger partial charge in [0.1, 0.15) is 6.73 Å². The molecule has 0 aliphatic rings. The molecular weight excluding hydrogens is 260 g/mol. The standard InChI is InChI=1S/C10H13BrN2O2/c1-2-15-7-13(10(12)14)9-5-3-8(11)4-6-9/h3-6H,2,7H2,1H3,(H2,12,14). The summed E-state index contributed by atoms with van der Waals surface area (Å²) in [5.41, 5.74) is 5.96. The lowest BCUT2D eigenvalue weighted by Gasteiger charge is -2.19. The van der Waals surface area contributed by atoms with Crippen LogP contribution in [0.15, 0.2) is 28.7 Å². The third-order valence-corrected chi connectivity index (χ3v) is 2.36. The van der Waals surface area contributed by atoms with Crippen LogP contribution >= 0.6 is 15.9 Å². The van der Waals surface area contributed by atoms with Crippen molar-refractivity contribution in [2.24, 2.45) is 5.73 Å². The lowest BCUT2D eigenvalue weighted by molar-refractivity contribution is 0.149. The van der Waals surface area contributed by atoms with E-state index in [1.54, 1.807) is 12.1 Å². The Hall–Kier alpha value is -1.07. The van der Waals surface area contributed by atoms with Crippen LogP contribution in [0.25, 0.3) is 0 Å². The molecular formula is C10H13BrN2O2. The number of amides is 2. The fourth-order valence-electron chi connectivity index (χ4n) is 1.07. The Morgan fingerprint density at radius 3 is 2.53 bits per heavy atom. The summed E-state index contributed by atoms with van der Waals surface area (Å²) in [4.78, 5) is 12.5. The molecule has 0 atom stereocenters. The van der Waals surface area contributed by atoms with Gasteiger partial charge in [-0.3, -0.25) is 4.90 Å². The molecule has 0 heterocycles. The molecule has 2 N–H and O–H groups in total. The van der Waals surface area contributed by atoms with Gasteiger partial charge >= 0.3 is 6.03 Å². The predicted octanol–water partition coefficient (Wildman–Crippen LogP) is 2.33. The number of primary amides is 1. The Morgan fingerprint density at radius 2 is 2.07 bits per heavy atom.